The fraction of sp³-hybridized carbons (Fsp3) is 0.600. The number of hydrogen-bond acceptors (Lipinski definition) is 7. The molecule has 0 unspecified atom stereocenters. The van der Waals surface area contributed by atoms with Crippen LogP contribution in [0.3, 0.4) is 0 Å². The second-order valence-corrected chi connectivity index (χ2v) is 8.17. The van der Waals surface area contributed by atoms with Crippen molar-refractivity contribution in [2.24, 2.45) is 4.99 Å². The summed E-state index contributed by atoms with van der Waals surface area (Å²) in [5.41, 5.74) is 1.17. The standard InChI is InChI=1S/C20H30N8S.HI/c1-3-17-24-20(29-25-17)28-12-10-27(11-13-28)19(21-2)23-15-16-6-7-18(22-14-16)26-8-4-5-9-26;/h6-7,14H,3-5,8-13,15H2,1-2H3,(H,21,23);1H. The molecule has 2 saturated heterocycles. The van der Waals surface area contributed by atoms with E-state index in [0.29, 0.717) is 0 Å². The van der Waals surface area contributed by atoms with Crippen molar-refractivity contribution in [3.63, 3.8) is 0 Å². The van der Waals surface area contributed by atoms with Gasteiger partial charge in [-0.25, -0.2) is 9.97 Å². The van der Waals surface area contributed by atoms with Crippen LogP contribution in [0.2, 0.25) is 0 Å². The maximum absolute atomic E-state index is 4.64. The molecule has 2 aliphatic heterocycles. The van der Waals surface area contributed by atoms with E-state index >= 15 is 0 Å². The van der Waals surface area contributed by atoms with Gasteiger partial charge in [0.25, 0.3) is 0 Å². The second-order valence-electron chi connectivity index (χ2n) is 7.44. The van der Waals surface area contributed by atoms with Gasteiger partial charge in [0.05, 0.1) is 0 Å². The lowest BCUT2D eigenvalue weighted by atomic mass is 10.2. The number of anilines is 2. The number of pyridine rings is 1. The van der Waals surface area contributed by atoms with Crippen LogP contribution in [0.25, 0.3) is 0 Å². The third kappa shape index (κ3) is 5.51. The van der Waals surface area contributed by atoms with Gasteiger partial charge in [-0.05, 0) is 24.5 Å². The summed E-state index contributed by atoms with van der Waals surface area (Å²) in [6, 6.07) is 4.30. The molecule has 0 aromatic carbocycles. The van der Waals surface area contributed by atoms with E-state index < -0.39 is 0 Å². The van der Waals surface area contributed by atoms with Crippen molar-refractivity contribution in [3.8, 4) is 0 Å². The Morgan fingerprint density at radius 2 is 1.87 bits per heavy atom. The van der Waals surface area contributed by atoms with Crippen LogP contribution >= 0.6 is 35.5 Å². The Balaban J connectivity index is 0.00000256. The number of rotatable bonds is 5. The normalized spacial score (nSPS) is 17.3. The van der Waals surface area contributed by atoms with Crippen LogP contribution in [0.4, 0.5) is 10.9 Å². The molecule has 4 rings (SSSR count). The van der Waals surface area contributed by atoms with Crippen LogP contribution < -0.4 is 15.1 Å². The summed E-state index contributed by atoms with van der Waals surface area (Å²) < 4.78 is 4.40. The summed E-state index contributed by atoms with van der Waals surface area (Å²) in [4.78, 5) is 20.7. The summed E-state index contributed by atoms with van der Waals surface area (Å²) in [6.07, 6.45) is 5.41. The first-order valence-electron chi connectivity index (χ1n) is 10.5. The summed E-state index contributed by atoms with van der Waals surface area (Å²) in [5, 5.41) is 4.53. The smallest absolute Gasteiger partial charge is 0.205 e. The van der Waals surface area contributed by atoms with Crippen LogP contribution in [0.15, 0.2) is 23.3 Å². The molecule has 2 fully saturated rings. The molecule has 0 radical (unpaired) electrons. The van der Waals surface area contributed by atoms with Crippen molar-refractivity contribution in [1.29, 1.82) is 0 Å². The molecule has 1 N–H and O–H groups in total. The van der Waals surface area contributed by atoms with Crippen molar-refractivity contribution in [2.75, 3.05) is 56.1 Å². The molecule has 0 saturated carbocycles. The van der Waals surface area contributed by atoms with E-state index in [9.17, 15) is 0 Å². The van der Waals surface area contributed by atoms with E-state index in [4.69, 9.17) is 0 Å². The number of halogens is 1. The highest BCUT2D eigenvalue weighted by molar-refractivity contribution is 14.0. The van der Waals surface area contributed by atoms with Crippen LogP contribution in [-0.4, -0.2) is 71.5 Å². The first kappa shape index (κ1) is 23.0. The van der Waals surface area contributed by atoms with Crippen LogP contribution in [0, 0.1) is 0 Å². The highest BCUT2D eigenvalue weighted by atomic mass is 127. The number of nitrogens with zero attached hydrogens (tertiary/aromatic N) is 7. The number of hydrogen-bond donors (Lipinski definition) is 1. The van der Waals surface area contributed by atoms with Crippen molar-refractivity contribution in [2.45, 2.75) is 32.7 Å². The first-order chi connectivity index (χ1) is 14.3. The van der Waals surface area contributed by atoms with Crippen molar-refractivity contribution in [3.05, 3.63) is 29.7 Å². The van der Waals surface area contributed by atoms with Crippen molar-refractivity contribution >= 4 is 52.4 Å². The molecule has 2 aromatic heterocycles. The van der Waals surface area contributed by atoms with E-state index in [2.05, 4.69) is 58.4 Å². The van der Waals surface area contributed by atoms with Gasteiger partial charge in [0.2, 0.25) is 5.13 Å². The summed E-state index contributed by atoms with van der Waals surface area (Å²) in [7, 11) is 1.85. The first-order valence-corrected chi connectivity index (χ1v) is 11.3. The zero-order chi connectivity index (χ0) is 20.1. The fourth-order valence-corrected chi connectivity index (χ4v) is 4.60. The molecular weight excluding hydrogens is 511 g/mol. The minimum atomic E-state index is 0. The lowest BCUT2D eigenvalue weighted by molar-refractivity contribution is 0.372. The summed E-state index contributed by atoms with van der Waals surface area (Å²) in [5.74, 6) is 2.98. The predicted molar refractivity (Wildman–Crippen MR) is 134 cm³/mol. The van der Waals surface area contributed by atoms with E-state index in [1.807, 2.05) is 13.2 Å². The minimum absolute atomic E-state index is 0. The summed E-state index contributed by atoms with van der Waals surface area (Å²) in [6.45, 7) is 8.79. The highest BCUT2D eigenvalue weighted by Gasteiger charge is 2.22. The topological polar surface area (TPSA) is 72.8 Å². The van der Waals surface area contributed by atoms with Gasteiger partial charge in [0.15, 0.2) is 5.96 Å². The molecule has 0 aliphatic carbocycles. The third-order valence-corrected chi connectivity index (χ3v) is 6.34. The monoisotopic (exact) mass is 542 g/mol. The van der Waals surface area contributed by atoms with Gasteiger partial charge in [-0.2, -0.15) is 4.37 Å². The average Bonchev–Trinajstić information content (AvgIpc) is 3.47. The van der Waals surface area contributed by atoms with E-state index in [0.717, 1.165) is 75.0 Å². The molecule has 0 bridgehead atoms. The largest absolute Gasteiger partial charge is 0.357 e. The van der Waals surface area contributed by atoms with Crippen molar-refractivity contribution in [1.82, 2.24) is 24.6 Å². The van der Waals surface area contributed by atoms with Gasteiger partial charge in [0.1, 0.15) is 11.6 Å². The number of aryl methyl sites for hydroxylation is 1. The molecular formula is C20H31IN8S. The molecule has 30 heavy (non-hydrogen) atoms. The molecule has 164 valence electrons. The lowest BCUT2D eigenvalue weighted by Gasteiger charge is -2.36. The van der Waals surface area contributed by atoms with Gasteiger partial charge in [-0.3, -0.25) is 4.99 Å². The highest BCUT2D eigenvalue weighted by Crippen LogP contribution is 2.20. The van der Waals surface area contributed by atoms with E-state index in [1.54, 1.807) is 0 Å². The molecule has 8 nitrogen and oxygen atoms in total. The molecule has 0 spiro atoms. The lowest BCUT2D eigenvalue weighted by Crippen LogP contribution is -2.52. The Hall–Kier alpha value is -1.69. The van der Waals surface area contributed by atoms with Gasteiger partial charge in [-0.1, -0.05) is 13.0 Å². The number of nitrogens with one attached hydrogen (secondary N) is 1. The molecule has 0 amide bonds. The van der Waals surface area contributed by atoms with E-state index in [-0.39, 0.29) is 24.0 Å². The van der Waals surface area contributed by atoms with Gasteiger partial charge >= 0.3 is 0 Å². The average molecular weight is 542 g/mol. The molecule has 4 heterocycles. The van der Waals surface area contributed by atoms with Crippen LogP contribution in [-0.2, 0) is 13.0 Å². The fourth-order valence-electron chi connectivity index (χ4n) is 3.79. The number of piperazine rings is 1. The second kappa shape index (κ2) is 11.1. The maximum Gasteiger partial charge on any atom is 0.205 e. The zero-order valence-corrected chi connectivity index (χ0v) is 20.9. The summed E-state index contributed by atoms with van der Waals surface area (Å²) >= 11 is 1.50. The van der Waals surface area contributed by atoms with Crippen molar-refractivity contribution < 1.29 is 0 Å². The maximum atomic E-state index is 4.64. The van der Waals surface area contributed by atoms with Gasteiger partial charge in [-0.15, -0.1) is 24.0 Å². The molecule has 0 atom stereocenters. The molecule has 2 aliphatic rings. The number of aliphatic imine (C=N–C) groups is 1. The SMILES string of the molecule is CCc1nsc(N2CCN(C(=NC)NCc3ccc(N4CCCC4)nc3)CC2)n1.I. The Labute approximate surface area is 200 Å². The Kier molecular flexibility index (Phi) is 8.49. The number of aromatic nitrogens is 3. The predicted octanol–water partition coefficient (Wildman–Crippen LogP) is 2.61. The number of guanidine groups is 1. The van der Waals surface area contributed by atoms with Gasteiger partial charge in [0, 0.05) is 77.0 Å². The Morgan fingerprint density at radius 1 is 1.10 bits per heavy atom. The Morgan fingerprint density at radius 3 is 2.47 bits per heavy atom. The van der Waals surface area contributed by atoms with Crippen LogP contribution in [0.5, 0.6) is 0 Å². The van der Waals surface area contributed by atoms with E-state index in [1.165, 1.54) is 29.9 Å². The third-order valence-electron chi connectivity index (χ3n) is 5.52. The minimum Gasteiger partial charge on any atom is -0.357 e. The zero-order valence-electron chi connectivity index (χ0n) is 17.8. The van der Waals surface area contributed by atoms with Gasteiger partial charge < -0.3 is 20.0 Å². The Bertz CT molecular complexity index is 810. The quantitative estimate of drug-likeness (QED) is 0.354. The molecule has 2 aromatic rings. The van der Waals surface area contributed by atoms with Crippen LogP contribution in [0.1, 0.15) is 31.2 Å². The molecule has 10 heteroatoms.